The first-order chi connectivity index (χ1) is 9.15. The van der Waals surface area contributed by atoms with Crippen LogP contribution in [-0.4, -0.2) is 35.6 Å². The molecule has 0 aromatic heterocycles. The predicted molar refractivity (Wildman–Crippen MR) is 76.1 cm³/mol. The van der Waals surface area contributed by atoms with Gasteiger partial charge in [0.25, 0.3) is 0 Å². The van der Waals surface area contributed by atoms with Crippen LogP contribution in [0.5, 0.6) is 0 Å². The van der Waals surface area contributed by atoms with E-state index in [9.17, 15) is 4.79 Å². The van der Waals surface area contributed by atoms with E-state index in [1.165, 1.54) is 5.56 Å². The molecule has 2 atom stereocenters. The van der Waals surface area contributed by atoms with Crippen molar-refractivity contribution in [2.45, 2.75) is 26.2 Å². The van der Waals surface area contributed by atoms with Crippen LogP contribution in [0.15, 0.2) is 30.3 Å². The fourth-order valence-electron chi connectivity index (χ4n) is 2.97. The van der Waals surface area contributed by atoms with Gasteiger partial charge in [0.1, 0.15) is 0 Å². The zero-order chi connectivity index (χ0) is 13.7. The molecular weight excluding hydrogens is 238 g/mol. The van der Waals surface area contributed by atoms with E-state index in [1.807, 2.05) is 6.07 Å². The van der Waals surface area contributed by atoms with Gasteiger partial charge in [-0.15, -0.1) is 0 Å². The van der Waals surface area contributed by atoms with E-state index in [1.54, 1.807) is 0 Å². The van der Waals surface area contributed by atoms with E-state index >= 15 is 0 Å². The van der Waals surface area contributed by atoms with Crippen molar-refractivity contribution in [2.75, 3.05) is 19.6 Å². The number of hydrogen-bond donors (Lipinski definition) is 1. The molecule has 1 N–H and O–H groups in total. The largest absolute Gasteiger partial charge is 0.481 e. The second-order valence-electron chi connectivity index (χ2n) is 5.72. The molecule has 0 bridgehead atoms. The fraction of sp³-hybridized carbons (Fsp3) is 0.562. The van der Waals surface area contributed by atoms with Gasteiger partial charge in [0.05, 0.1) is 5.92 Å². The first kappa shape index (κ1) is 14.1. The van der Waals surface area contributed by atoms with E-state index < -0.39 is 5.97 Å². The molecule has 1 aromatic carbocycles. The Bertz CT molecular complexity index is 404. The summed E-state index contributed by atoms with van der Waals surface area (Å²) in [5, 5.41) is 9.15. The summed E-state index contributed by atoms with van der Waals surface area (Å²) >= 11 is 0. The first-order valence-electron chi connectivity index (χ1n) is 7.14. The maximum atomic E-state index is 11.1. The van der Waals surface area contributed by atoms with Crippen LogP contribution in [-0.2, 0) is 11.2 Å². The van der Waals surface area contributed by atoms with Crippen LogP contribution >= 0.6 is 0 Å². The van der Waals surface area contributed by atoms with Crippen molar-refractivity contribution in [1.29, 1.82) is 0 Å². The van der Waals surface area contributed by atoms with Crippen LogP contribution in [0.1, 0.15) is 25.3 Å². The van der Waals surface area contributed by atoms with Crippen molar-refractivity contribution >= 4 is 5.97 Å². The van der Waals surface area contributed by atoms with Crippen molar-refractivity contribution in [2.24, 2.45) is 11.8 Å². The smallest absolute Gasteiger partial charge is 0.307 e. The standard InChI is InChI=1S/C16H23NO2/c1-13-10-15(16(18)19)12-17(11-13)9-5-8-14-6-3-2-4-7-14/h2-4,6-7,13,15H,5,8-12H2,1H3,(H,18,19). The van der Waals surface area contributed by atoms with Gasteiger partial charge in [-0.3, -0.25) is 4.79 Å². The van der Waals surface area contributed by atoms with Gasteiger partial charge in [0.15, 0.2) is 0 Å². The Morgan fingerprint density at radius 2 is 2.05 bits per heavy atom. The predicted octanol–water partition coefficient (Wildman–Crippen LogP) is 2.66. The molecule has 1 fully saturated rings. The molecule has 3 heteroatoms. The molecule has 0 radical (unpaired) electrons. The Labute approximate surface area is 115 Å². The van der Waals surface area contributed by atoms with Crippen molar-refractivity contribution < 1.29 is 9.90 Å². The molecular formula is C16H23NO2. The lowest BCUT2D eigenvalue weighted by Crippen LogP contribution is -2.42. The van der Waals surface area contributed by atoms with Gasteiger partial charge in [-0.1, -0.05) is 37.3 Å². The molecule has 3 nitrogen and oxygen atoms in total. The minimum absolute atomic E-state index is 0.180. The summed E-state index contributed by atoms with van der Waals surface area (Å²) in [5.74, 6) is -0.327. The minimum atomic E-state index is -0.639. The van der Waals surface area contributed by atoms with Crippen LogP contribution in [0.2, 0.25) is 0 Å². The average Bonchev–Trinajstić information content (AvgIpc) is 2.39. The Morgan fingerprint density at radius 3 is 2.74 bits per heavy atom. The maximum absolute atomic E-state index is 11.1. The molecule has 1 aliphatic rings. The van der Waals surface area contributed by atoms with E-state index in [-0.39, 0.29) is 5.92 Å². The van der Waals surface area contributed by atoms with Crippen molar-refractivity contribution in [3.63, 3.8) is 0 Å². The quantitative estimate of drug-likeness (QED) is 0.886. The van der Waals surface area contributed by atoms with Crippen molar-refractivity contribution in [3.05, 3.63) is 35.9 Å². The van der Waals surface area contributed by atoms with Gasteiger partial charge >= 0.3 is 5.97 Å². The SMILES string of the molecule is CC1CC(C(=O)O)CN(CCCc2ccccc2)C1. The van der Waals surface area contributed by atoms with Crippen molar-refractivity contribution in [1.82, 2.24) is 4.90 Å². The molecule has 0 aliphatic carbocycles. The van der Waals surface area contributed by atoms with E-state index in [0.717, 1.165) is 32.4 Å². The van der Waals surface area contributed by atoms with Crippen LogP contribution in [0.3, 0.4) is 0 Å². The molecule has 0 saturated carbocycles. The summed E-state index contributed by atoms with van der Waals surface area (Å²) in [6.07, 6.45) is 3.00. The summed E-state index contributed by atoms with van der Waals surface area (Å²) in [6.45, 7) is 4.91. The number of benzene rings is 1. The zero-order valence-corrected chi connectivity index (χ0v) is 11.6. The maximum Gasteiger partial charge on any atom is 0.307 e. The lowest BCUT2D eigenvalue weighted by Gasteiger charge is -2.34. The summed E-state index contributed by atoms with van der Waals surface area (Å²) in [4.78, 5) is 13.4. The average molecular weight is 261 g/mol. The summed E-state index contributed by atoms with van der Waals surface area (Å²) in [5.41, 5.74) is 1.36. The van der Waals surface area contributed by atoms with E-state index in [0.29, 0.717) is 12.5 Å². The molecule has 104 valence electrons. The molecule has 1 aliphatic heterocycles. The zero-order valence-electron chi connectivity index (χ0n) is 11.6. The van der Waals surface area contributed by atoms with E-state index in [2.05, 4.69) is 36.1 Å². The summed E-state index contributed by atoms with van der Waals surface area (Å²) in [7, 11) is 0. The molecule has 1 aromatic rings. The van der Waals surface area contributed by atoms with Gasteiger partial charge in [-0.25, -0.2) is 0 Å². The van der Waals surface area contributed by atoms with Gasteiger partial charge in [-0.05, 0) is 37.3 Å². The number of piperidine rings is 1. The number of likely N-dealkylation sites (tertiary alicyclic amines) is 1. The molecule has 1 heterocycles. The first-order valence-corrected chi connectivity index (χ1v) is 7.14. The molecule has 19 heavy (non-hydrogen) atoms. The fourth-order valence-corrected chi connectivity index (χ4v) is 2.97. The summed E-state index contributed by atoms with van der Waals surface area (Å²) < 4.78 is 0. The number of carboxylic acid groups (broad SMARTS) is 1. The monoisotopic (exact) mass is 261 g/mol. The van der Waals surface area contributed by atoms with Crippen LogP contribution in [0.4, 0.5) is 0 Å². The van der Waals surface area contributed by atoms with Gasteiger partial charge in [0, 0.05) is 13.1 Å². The lowest BCUT2D eigenvalue weighted by atomic mass is 9.90. The van der Waals surface area contributed by atoms with Crippen molar-refractivity contribution in [3.8, 4) is 0 Å². The van der Waals surface area contributed by atoms with Crippen LogP contribution in [0.25, 0.3) is 0 Å². The Kier molecular flexibility index (Phi) is 4.97. The lowest BCUT2D eigenvalue weighted by molar-refractivity contribution is -0.144. The second-order valence-corrected chi connectivity index (χ2v) is 5.72. The third kappa shape index (κ3) is 4.35. The number of carbonyl (C=O) groups is 1. The number of aryl methyl sites for hydroxylation is 1. The highest BCUT2D eigenvalue weighted by molar-refractivity contribution is 5.70. The number of carboxylic acids is 1. The topological polar surface area (TPSA) is 40.5 Å². The molecule has 2 rings (SSSR count). The molecule has 2 unspecified atom stereocenters. The second kappa shape index (κ2) is 6.71. The number of hydrogen-bond acceptors (Lipinski definition) is 2. The molecule has 1 saturated heterocycles. The Balaban J connectivity index is 1.77. The molecule has 0 amide bonds. The Morgan fingerprint density at radius 1 is 1.32 bits per heavy atom. The normalized spacial score (nSPS) is 24.3. The third-order valence-electron chi connectivity index (χ3n) is 3.87. The minimum Gasteiger partial charge on any atom is -0.481 e. The number of nitrogens with zero attached hydrogens (tertiary/aromatic N) is 1. The van der Waals surface area contributed by atoms with Crippen LogP contribution < -0.4 is 0 Å². The van der Waals surface area contributed by atoms with Gasteiger partial charge in [-0.2, -0.15) is 0 Å². The van der Waals surface area contributed by atoms with E-state index in [4.69, 9.17) is 5.11 Å². The highest BCUT2D eigenvalue weighted by atomic mass is 16.4. The third-order valence-corrected chi connectivity index (χ3v) is 3.87. The number of aliphatic carboxylic acids is 1. The molecule has 0 spiro atoms. The van der Waals surface area contributed by atoms with Crippen LogP contribution in [0, 0.1) is 11.8 Å². The highest BCUT2D eigenvalue weighted by Crippen LogP contribution is 2.22. The Hall–Kier alpha value is -1.35. The van der Waals surface area contributed by atoms with Gasteiger partial charge < -0.3 is 10.0 Å². The number of rotatable bonds is 5. The summed E-state index contributed by atoms with van der Waals surface area (Å²) in [6, 6.07) is 10.5. The van der Waals surface area contributed by atoms with Gasteiger partial charge in [0.2, 0.25) is 0 Å². The highest BCUT2D eigenvalue weighted by Gasteiger charge is 2.28.